The summed E-state index contributed by atoms with van der Waals surface area (Å²) < 4.78 is 2.19. The van der Waals surface area contributed by atoms with Crippen LogP contribution in [-0.4, -0.2) is 0 Å². The van der Waals surface area contributed by atoms with Crippen molar-refractivity contribution in [1.29, 1.82) is 0 Å². The molecule has 0 spiro atoms. The van der Waals surface area contributed by atoms with E-state index in [1.54, 1.807) is 0 Å². The zero-order valence-corrected chi connectivity index (χ0v) is 22.0. The fourth-order valence-electron chi connectivity index (χ4n) is 6.15. The molecule has 1 aliphatic rings. The molecule has 0 N–H and O–H groups in total. The second-order valence-corrected chi connectivity index (χ2v) is 11.0. The van der Waals surface area contributed by atoms with Crippen molar-refractivity contribution in [1.82, 2.24) is 0 Å². The second-order valence-electron chi connectivity index (χ2n) is 9.16. The predicted molar refractivity (Wildman–Crippen MR) is 154 cm³/mol. The zero-order chi connectivity index (χ0) is 23.6. The van der Waals surface area contributed by atoms with Gasteiger partial charge in [-0.15, -0.1) is 0 Å². The highest BCUT2D eigenvalue weighted by molar-refractivity contribution is 9.10. The third-order valence-electron chi connectivity index (χ3n) is 7.43. The molecule has 0 amide bonds. The monoisotopic (exact) mass is 574 g/mol. The van der Waals surface area contributed by atoms with Crippen molar-refractivity contribution >= 4 is 53.4 Å². The van der Waals surface area contributed by atoms with Crippen molar-refractivity contribution in [3.63, 3.8) is 0 Å². The third-order valence-corrected chi connectivity index (χ3v) is 8.42. The van der Waals surface area contributed by atoms with Crippen LogP contribution in [0, 0.1) is 0 Å². The van der Waals surface area contributed by atoms with Crippen LogP contribution < -0.4 is 0 Å². The molecule has 0 radical (unpaired) electrons. The molecule has 0 atom stereocenters. The first-order valence-electron chi connectivity index (χ1n) is 11.8. The van der Waals surface area contributed by atoms with Crippen LogP contribution in [0.15, 0.2) is 130 Å². The molecule has 2 heteroatoms. The normalized spacial score (nSPS) is 13.7. The first-order valence-corrected chi connectivity index (χ1v) is 13.3. The number of fused-ring (bicyclic) bond motifs is 8. The Morgan fingerprint density at radius 2 is 1.03 bits per heavy atom. The molecule has 0 heterocycles. The van der Waals surface area contributed by atoms with Crippen molar-refractivity contribution in [3.05, 3.63) is 153 Å². The van der Waals surface area contributed by atoms with E-state index >= 15 is 0 Å². The minimum absolute atomic E-state index is 0.437. The Hall–Kier alpha value is -3.20. The first-order chi connectivity index (χ1) is 17.2. The van der Waals surface area contributed by atoms with Gasteiger partial charge in [0.25, 0.3) is 0 Å². The molecule has 6 aromatic rings. The Balaban J connectivity index is 1.82. The second kappa shape index (κ2) is 7.91. The van der Waals surface area contributed by atoms with Gasteiger partial charge in [0, 0.05) is 8.95 Å². The highest BCUT2D eigenvalue weighted by Gasteiger charge is 2.48. The number of hydrogen-bond acceptors (Lipinski definition) is 0. The first kappa shape index (κ1) is 21.1. The lowest BCUT2D eigenvalue weighted by atomic mass is 9.66. The molecule has 0 aromatic heterocycles. The van der Waals surface area contributed by atoms with Crippen LogP contribution in [0.2, 0.25) is 0 Å². The summed E-state index contributed by atoms with van der Waals surface area (Å²) in [5, 5.41) is 5.15. The average molecular weight is 576 g/mol. The van der Waals surface area contributed by atoms with E-state index in [1.807, 2.05) is 0 Å². The molecule has 0 saturated heterocycles. The average Bonchev–Trinajstić information content (AvgIpc) is 3.21. The number of halogens is 2. The van der Waals surface area contributed by atoms with Gasteiger partial charge in [-0.3, -0.25) is 0 Å². The fraction of sp³-hybridized carbons (Fsp3) is 0.0303. The molecule has 0 saturated carbocycles. The van der Waals surface area contributed by atoms with Gasteiger partial charge in [-0.2, -0.15) is 0 Å². The highest BCUT2D eigenvalue weighted by Crippen LogP contribution is 2.60. The van der Waals surface area contributed by atoms with E-state index < -0.39 is 5.41 Å². The summed E-state index contributed by atoms with van der Waals surface area (Å²) in [5.74, 6) is 0. The Morgan fingerprint density at radius 3 is 1.71 bits per heavy atom. The van der Waals surface area contributed by atoms with Gasteiger partial charge in [0.2, 0.25) is 0 Å². The van der Waals surface area contributed by atoms with Gasteiger partial charge in [-0.1, -0.05) is 129 Å². The van der Waals surface area contributed by atoms with E-state index in [4.69, 9.17) is 0 Å². The third kappa shape index (κ3) is 2.90. The van der Waals surface area contributed by atoms with Crippen LogP contribution in [0.25, 0.3) is 32.7 Å². The highest BCUT2D eigenvalue weighted by atomic mass is 79.9. The number of hydrogen-bond donors (Lipinski definition) is 0. The maximum absolute atomic E-state index is 3.81. The van der Waals surface area contributed by atoms with Gasteiger partial charge >= 0.3 is 0 Å². The summed E-state index contributed by atoms with van der Waals surface area (Å²) in [4.78, 5) is 0. The van der Waals surface area contributed by atoms with E-state index in [2.05, 4.69) is 153 Å². The van der Waals surface area contributed by atoms with Gasteiger partial charge in [0.15, 0.2) is 0 Å². The minimum atomic E-state index is -0.437. The summed E-state index contributed by atoms with van der Waals surface area (Å²) in [6.45, 7) is 0. The molecule has 0 nitrogen and oxygen atoms in total. The van der Waals surface area contributed by atoms with Gasteiger partial charge in [-0.25, -0.2) is 0 Å². The number of benzene rings is 6. The molecule has 0 bridgehead atoms. The largest absolute Gasteiger partial charge is 0.0720 e. The van der Waals surface area contributed by atoms with Crippen LogP contribution in [0.4, 0.5) is 0 Å². The van der Waals surface area contributed by atoms with Crippen molar-refractivity contribution in [3.8, 4) is 11.1 Å². The zero-order valence-electron chi connectivity index (χ0n) is 18.8. The predicted octanol–water partition coefficient (Wildman–Crippen LogP) is 9.88. The van der Waals surface area contributed by atoms with Crippen LogP contribution in [0.3, 0.4) is 0 Å². The van der Waals surface area contributed by atoms with Crippen molar-refractivity contribution in [2.45, 2.75) is 5.41 Å². The van der Waals surface area contributed by atoms with Gasteiger partial charge in [0.1, 0.15) is 0 Å². The summed E-state index contributed by atoms with van der Waals surface area (Å²) in [6.07, 6.45) is 0. The van der Waals surface area contributed by atoms with E-state index in [9.17, 15) is 0 Å². The molecule has 0 fully saturated rings. The van der Waals surface area contributed by atoms with Crippen LogP contribution in [-0.2, 0) is 5.41 Å². The van der Waals surface area contributed by atoms with E-state index in [0.29, 0.717) is 0 Å². The smallest absolute Gasteiger partial charge is 0.0622 e. The van der Waals surface area contributed by atoms with Crippen molar-refractivity contribution in [2.75, 3.05) is 0 Å². The Labute approximate surface area is 221 Å². The van der Waals surface area contributed by atoms with Gasteiger partial charge in [0.05, 0.1) is 5.41 Å². The molecule has 0 aliphatic heterocycles. The van der Waals surface area contributed by atoms with Gasteiger partial charge in [-0.05, 0) is 79.2 Å². The SMILES string of the molecule is Brc1ccc2c(c1)C(c1ccccc1)(c1ccccc1)c1c-2c2ccccc2c2cc(Br)ccc12. The number of rotatable bonds is 2. The topological polar surface area (TPSA) is 0 Å². The Bertz CT molecular complexity index is 1710. The molecule has 35 heavy (non-hydrogen) atoms. The van der Waals surface area contributed by atoms with E-state index in [1.165, 1.54) is 54.9 Å². The van der Waals surface area contributed by atoms with Crippen LogP contribution >= 0.6 is 31.9 Å². The molecular formula is C33H20Br2. The molecule has 166 valence electrons. The van der Waals surface area contributed by atoms with Gasteiger partial charge < -0.3 is 0 Å². The molecule has 6 aromatic carbocycles. The lowest BCUT2D eigenvalue weighted by Gasteiger charge is -2.35. The molecule has 7 rings (SSSR count). The van der Waals surface area contributed by atoms with Crippen LogP contribution in [0.1, 0.15) is 22.3 Å². The lowest BCUT2D eigenvalue weighted by Crippen LogP contribution is -2.28. The summed E-state index contributed by atoms with van der Waals surface area (Å²) in [7, 11) is 0. The maximum Gasteiger partial charge on any atom is 0.0720 e. The Kier molecular flexibility index (Phi) is 4.77. The maximum atomic E-state index is 3.81. The quantitative estimate of drug-likeness (QED) is 0.180. The Morgan fingerprint density at radius 1 is 0.457 bits per heavy atom. The minimum Gasteiger partial charge on any atom is -0.0622 e. The summed E-state index contributed by atoms with van der Waals surface area (Å²) in [5.41, 5.74) is 7.45. The fourth-order valence-corrected chi connectivity index (χ4v) is 6.88. The summed E-state index contributed by atoms with van der Waals surface area (Å²) >= 11 is 7.56. The molecule has 0 unspecified atom stereocenters. The summed E-state index contributed by atoms with van der Waals surface area (Å²) in [6, 6.07) is 44.4. The van der Waals surface area contributed by atoms with Crippen LogP contribution in [0.5, 0.6) is 0 Å². The van der Waals surface area contributed by atoms with E-state index in [-0.39, 0.29) is 0 Å². The lowest BCUT2D eigenvalue weighted by molar-refractivity contribution is 0.775. The molecule has 1 aliphatic carbocycles. The van der Waals surface area contributed by atoms with Crippen molar-refractivity contribution in [2.24, 2.45) is 0 Å². The standard InChI is InChI=1S/C33H20Br2/c34-23-15-17-27-29(19-23)25-13-7-8-14-26(25)31-28-18-16-24(35)20-30(28)33(32(27)31,21-9-3-1-4-10-21)22-11-5-2-6-12-22/h1-20H. The van der Waals surface area contributed by atoms with E-state index in [0.717, 1.165) is 8.95 Å². The molecular weight excluding hydrogens is 556 g/mol. The van der Waals surface area contributed by atoms with Crippen molar-refractivity contribution < 1.29 is 0 Å².